The SMILES string of the molecule is NC(=O)CCCc1ccc(Cl)cc1N. The summed E-state index contributed by atoms with van der Waals surface area (Å²) in [5.74, 6) is -0.280. The maximum atomic E-state index is 10.5. The highest BCUT2D eigenvalue weighted by Gasteiger charge is 2.01. The van der Waals surface area contributed by atoms with Crippen LogP contribution in [0.15, 0.2) is 18.2 Å². The van der Waals surface area contributed by atoms with Crippen molar-refractivity contribution in [1.82, 2.24) is 0 Å². The van der Waals surface area contributed by atoms with E-state index >= 15 is 0 Å². The van der Waals surface area contributed by atoms with Gasteiger partial charge in [-0.05, 0) is 30.5 Å². The Morgan fingerprint density at radius 3 is 2.71 bits per heavy atom. The summed E-state index contributed by atoms with van der Waals surface area (Å²) in [5.41, 5.74) is 12.4. The van der Waals surface area contributed by atoms with Crippen molar-refractivity contribution in [3.05, 3.63) is 28.8 Å². The monoisotopic (exact) mass is 212 g/mol. The number of amides is 1. The molecule has 0 radical (unpaired) electrons. The van der Waals surface area contributed by atoms with Crippen molar-refractivity contribution in [1.29, 1.82) is 0 Å². The summed E-state index contributed by atoms with van der Waals surface area (Å²) < 4.78 is 0. The first-order valence-electron chi connectivity index (χ1n) is 4.42. The van der Waals surface area contributed by atoms with Gasteiger partial charge in [-0.2, -0.15) is 0 Å². The molecule has 4 heteroatoms. The van der Waals surface area contributed by atoms with Crippen LogP contribution in [-0.4, -0.2) is 5.91 Å². The van der Waals surface area contributed by atoms with E-state index in [1.807, 2.05) is 6.07 Å². The van der Waals surface area contributed by atoms with E-state index in [0.29, 0.717) is 17.1 Å². The van der Waals surface area contributed by atoms with Gasteiger partial charge in [0, 0.05) is 17.1 Å². The Bertz CT molecular complexity index is 339. The van der Waals surface area contributed by atoms with Crippen molar-refractivity contribution >= 4 is 23.2 Å². The van der Waals surface area contributed by atoms with Crippen LogP contribution in [0.2, 0.25) is 5.02 Å². The first-order valence-corrected chi connectivity index (χ1v) is 4.79. The summed E-state index contributed by atoms with van der Waals surface area (Å²) >= 11 is 5.75. The number of rotatable bonds is 4. The molecule has 0 unspecified atom stereocenters. The summed E-state index contributed by atoms with van der Waals surface area (Å²) in [7, 11) is 0. The molecule has 0 aliphatic rings. The Hall–Kier alpha value is -1.22. The number of halogens is 1. The Kier molecular flexibility index (Phi) is 3.77. The van der Waals surface area contributed by atoms with Gasteiger partial charge in [0.1, 0.15) is 0 Å². The highest BCUT2D eigenvalue weighted by molar-refractivity contribution is 6.30. The fraction of sp³-hybridized carbons (Fsp3) is 0.300. The molecule has 14 heavy (non-hydrogen) atoms. The van der Waals surface area contributed by atoms with Gasteiger partial charge in [-0.15, -0.1) is 0 Å². The highest BCUT2D eigenvalue weighted by Crippen LogP contribution is 2.19. The van der Waals surface area contributed by atoms with E-state index < -0.39 is 0 Å². The summed E-state index contributed by atoms with van der Waals surface area (Å²) in [6, 6.07) is 5.37. The zero-order valence-corrected chi connectivity index (χ0v) is 8.55. The first kappa shape index (κ1) is 10.9. The van der Waals surface area contributed by atoms with Crippen LogP contribution in [0.3, 0.4) is 0 Å². The average molecular weight is 213 g/mol. The molecule has 0 saturated carbocycles. The molecule has 0 aliphatic carbocycles. The largest absolute Gasteiger partial charge is 0.398 e. The van der Waals surface area contributed by atoms with Crippen LogP contribution in [0.25, 0.3) is 0 Å². The second kappa shape index (κ2) is 4.86. The van der Waals surface area contributed by atoms with Gasteiger partial charge in [-0.25, -0.2) is 0 Å². The number of aryl methyl sites for hydroxylation is 1. The van der Waals surface area contributed by atoms with Gasteiger partial charge < -0.3 is 11.5 Å². The lowest BCUT2D eigenvalue weighted by Crippen LogP contribution is -2.10. The third-order valence-electron chi connectivity index (χ3n) is 1.98. The summed E-state index contributed by atoms with van der Waals surface area (Å²) in [6.07, 6.45) is 1.87. The Balaban J connectivity index is 2.55. The molecule has 0 fully saturated rings. The molecule has 1 aromatic rings. The number of hydrogen-bond donors (Lipinski definition) is 2. The van der Waals surface area contributed by atoms with Crippen molar-refractivity contribution in [3.8, 4) is 0 Å². The molecule has 1 rings (SSSR count). The van der Waals surface area contributed by atoms with Gasteiger partial charge in [-0.3, -0.25) is 4.79 Å². The van der Waals surface area contributed by atoms with Crippen molar-refractivity contribution < 1.29 is 4.79 Å². The van der Waals surface area contributed by atoms with Gasteiger partial charge in [0.2, 0.25) is 5.91 Å². The fourth-order valence-corrected chi connectivity index (χ4v) is 1.43. The molecule has 0 heterocycles. The minimum atomic E-state index is -0.280. The predicted molar refractivity (Wildman–Crippen MR) is 58.0 cm³/mol. The Morgan fingerprint density at radius 2 is 2.14 bits per heavy atom. The van der Waals surface area contributed by atoms with Crippen LogP contribution in [0.1, 0.15) is 18.4 Å². The topological polar surface area (TPSA) is 69.1 Å². The quantitative estimate of drug-likeness (QED) is 0.747. The smallest absolute Gasteiger partial charge is 0.217 e. The normalized spacial score (nSPS) is 10.1. The lowest BCUT2D eigenvalue weighted by molar-refractivity contribution is -0.118. The molecule has 3 nitrogen and oxygen atoms in total. The van der Waals surface area contributed by atoms with Crippen LogP contribution in [0, 0.1) is 0 Å². The summed E-state index contributed by atoms with van der Waals surface area (Å²) in [5, 5.41) is 0.626. The number of anilines is 1. The fourth-order valence-electron chi connectivity index (χ4n) is 1.25. The molecule has 0 atom stereocenters. The Morgan fingerprint density at radius 1 is 1.43 bits per heavy atom. The van der Waals surface area contributed by atoms with E-state index in [-0.39, 0.29) is 5.91 Å². The maximum absolute atomic E-state index is 10.5. The minimum Gasteiger partial charge on any atom is -0.398 e. The van der Waals surface area contributed by atoms with Crippen molar-refractivity contribution in [2.24, 2.45) is 5.73 Å². The molecular formula is C10H13ClN2O. The molecule has 1 amide bonds. The van der Waals surface area contributed by atoms with Crippen LogP contribution >= 0.6 is 11.6 Å². The van der Waals surface area contributed by atoms with E-state index in [1.54, 1.807) is 12.1 Å². The Labute approximate surface area is 88.0 Å². The van der Waals surface area contributed by atoms with E-state index in [1.165, 1.54) is 0 Å². The number of nitrogen functional groups attached to an aromatic ring is 1. The number of benzene rings is 1. The predicted octanol–water partition coefficient (Wildman–Crippen LogP) is 1.73. The zero-order chi connectivity index (χ0) is 10.6. The molecule has 0 spiro atoms. The molecule has 0 bridgehead atoms. The number of primary amides is 1. The van der Waals surface area contributed by atoms with Crippen LogP contribution in [-0.2, 0) is 11.2 Å². The second-order valence-electron chi connectivity index (χ2n) is 3.16. The zero-order valence-electron chi connectivity index (χ0n) is 7.79. The lowest BCUT2D eigenvalue weighted by Gasteiger charge is -2.04. The van der Waals surface area contributed by atoms with Gasteiger partial charge in [0.05, 0.1) is 0 Å². The molecule has 76 valence electrons. The van der Waals surface area contributed by atoms with Gasteiger partial charge >= 0.3 is 0 Å². The highest BCUT2D eigenvalue weighted by atomic mass is 35.5. The van der Waals surface area contributed by atoms with Crippen molar-refractivity contribution in [3.63, 3.8) is 0 Å². The molecule has 4 N–H and O–H groups in total. The van der Waals surface area contributed by atoms with Gasteiger partial charge in [0.15, 0.2) is 0 Å². The first-order chi connectivity index (χ1) is 6.59. The van der Waals surface area contributed by atoms with E-state index in [0.717, 1.165) is 18.4 Å². The number of carbonyl (C=O) groups excluding carboxylic acids is 1. The number of nitrogens with two attached hydrogens (primary N) is 2. The van der Waals surface area contributed by atoms with Crippen LogP contribution in [0.4, 0.5) is 5.69 Å². The minimum absolute atomic E-state index is 0.280. The van der Waals surface area contributed by atoms with Crippen LogP contribution in [0.5, 0.6) is 0 Å². The van der Waals surface area contributed by atoms with E-state index in [9.17, 15) is 4.79 Å². The van der Waals surface area contributed by atoms with Gasteiger partial charge in [0.25, 0.3) is 0 Å². The van der Waals surface area contributed by atoms with E-state index in [4.69, 9.17) is 23.1 Å². The number of carbonyl (C=O) groups is 1. The van der Waals surface area contributed by atoms with E-state index in [2.05, 4.69) is 0 Å². The molecule has 0 aromatic heterocycles. The molecule has 1 aromatic carbocycles. The molecular weight excluding hydrogens is 200 g/mol. The summed E-state index contributed by atoms with van der Waals surface area (Å²) in [6.45, 7) is 0. The van der Waals surface area contributed by atoms with Crippen LogP contribution < -0.4 is 11.5 Å². The maximum Gasteiger partial charge on any atom is 0.217 e. The summed E-state index contributed by atoms with van der Waals surface area (Å²) in [4.78, 5) is 10.5. The lowest BCUT2D eigenvalue weighted by atomic mass is 10.1. The third kappa shape index (κ3) is 3.26. The van der Waals surface area contributed by atoms with Gasteiger partial charge in [-0.1, -0.05) is 17.7 Å². The standard InChI is InChI=1S/C10H13ClN2O/c11-8-5-4-7(9(12)6-8)2-1-3-10(13)14/h4-6H,1-3,12H2,(H2,13,14). The molecule has 0 aliphatic heterocycles. The second-order valence-corrected chi connectivity index (χ2v) is 3.60. The molecule has 0 saturated heterocycles. The van der Waals surface area contributed by atoms with Crippen molar-refractivity contribution in [2.45, 2.75) is 19.3 Å². The van der Waals surface area contributed by atoms with Crippen molar-refractivity contribution in [2.75, 3.05) is 5.73 Å². The average Bonchev–Trinajstić information content (AvgIpc) is 2.08. The third-order valence-corrected chi connectivity index (χ3v) is 2.21. The number of hydrogen-bond acceptors (Lipinski definition) is 2.